The van der Waals surface area contributed by atoms with Crippen molar-refractivity contribution in [2.75, 3.05) is 18.4 Å². The summed E-state index contributed by atoms with van der Waals surface area (Å²) in [6, 6.07) is 9.70. The normalized spacial score (nSPS) is 11.7. The van der Waals surface area contributed by atoms with E-state index in [2.05, 4.69) is 15.6 Å². The lowest BCUT2D eigenvalue weighted by atomic mass is 9.84. The molecule has 3 aromatic rings. The van der Waals surface area contributed by atoms with Crippen LogP contribution in [0.5, 0.6) is 11.5 Å². The van der Waals surface area contributed by atoms with Gasteiger partial charge in [-0.1, -0.05) is 26.0 Å². The summed E-state index contributed by atoms with van der Waals surface area (Å²) in [4.78, 5) is 28.2. The number of pyridine rings is 1. The minimum absolute atomic E-state index is 0.0355. The summed E-state index contributed by atoms with van der Waals surface area (Å²) in [7, 11) is 0. The van der Waals surface area contributed by atoms with Gasteiger partial charge in [0.25, 0.3) is 5.91 Å². The van der Waals surface area contributed by atoms with Gasteiger partial charge in [-0.25, -0.2) is 9.37 Å². The van der Waals surface area contributed by atoms with Crippen molar-refractivity contribution in [3.05, 3.63) is 82.7 Å². The Balaban J connectivity index is 1.98. The first-order valence-corrected chi connectivity index (χ1v) is 11.3. The number of nitrogens with one attached hydrogen (secondary N) is 2. The van der Waals surface area contributed by atoms with Gasteiger partial charge >= 0.3 is 6.18 Å². The molecule has 0 unspecified atom stereocenters. The molecule has 0 fully saturated rings. The molecule has 1 aromatic heterocycles. The average Bonchev–Trinajstić information content (AvgIpc) is 2.83. The highest BCUT2D eigenvalue weighted by Crippen LogP contribution is 2.38. The number of amides is 2. The van der Waals surface area contributed by atoms with Crippen molar-refractivity contribution in [3.63, 3.8) is 0 Å². The van der Waals surface area contributed by atoms with Crippen molar-refractivity contribution in [2.45, 2.75) is 32.4 Å². The molecule has 12 heteroatoms. The maximum absolute atomic E-state index is 15.1. The van der Waals surface area contributed by atoms with Crippen LogP contribution in [-0.4, -0.2) is 29.9 Å². The molecule has 0 atom stereocenters. The Hall–Kier alpha value is -4.06. The number of carbonyl (C=O) groups excluding carboxylic acids is 2. The van der Waals surface area contributed by atoms with Crippen LogP contribution in [0.1, 0.15) is 41.0 Å². The van der Waals surface area contributed by atoms with Crippen LogP contribution in [0, 0.1) is 18.7 Å². The summed E-state index contributed by atoms with van der Waals surface area (Å²) in [5.41, 5.74) is 2.90. The van der Waals surface area contributed by atoms with Crippen LogP contribution in [0.3, 0.4) is 0 Å². The van der Waals surface area contributed by atoms with E-state index in [1.165, 1.54) is 13.0 Å². The molecule has 4 N–H and O–H groups in total. The largest absolute Gasteiger partial charge is 0.455 e. The summed E-state index contributed by atoms with van der Waals surface area (Å²) in [6.45, 7) is 5.05. The van der Waals surface area contributed by atoms with Crippen molar-refractivity contribution < 1.29 is 36.3 Å². The highest BCUT2D eigenvalue weighted by Gasteiger charge is 2.37. The number of carbonyl (C=O) groups is 2. The van der Waals surface area contributed by atoms with Crippen LogP contribution in [0.15, 0.2) is 48.5 Å². The van der Waals surface area contributed by atoms with Crippen LogP contribution in [0.25, 0.3) is 0 Å². The second-order valence-corrected chi connectivity index (χ2v) is 9.02. The fraction of sp³-hybridized carbons (Fsp3) is 0.269. The standard InChI is InChI=1S/C26H25F5N4O3/c1-14-18(9-10-20(27)34-14)38-19-8-7-17(26(29,30)31)23(28)22(19)24(37)35-16-6-4-5-15(11-16)25(2,3)13-33-21(36)12-32/h4-11H,12-13,32H2,1-3H3,(H,33,36)(H,35,37). The number of rotatable bonds is 8. The SMILES string of the molecule is Cc1nc(F)ccc1Oc1ccc(C(F)(F)F)c(F)c1C(=O)Nc1cccc(C(C)(C)CNC(=O)CN)c1. The average molecular weight is 537 g/mol. The van der Waals surface area contributed by atoms with Crippen molar-refractivity contribution in [3.8, 4) is 11.5 Å². The quantitative estimate of drug-likeness (QED) is 0.275. The third-order valence-corrected chi connectivity index (χ3v) is 5.67. The molecule has 2 amide bonds. The molecule has 202 valence electrons. The van der Waals surface area contributed by atoms with Gasteiger partial charge in [-0.3, -0.25) is 9.59 Å². The van der Waals surface area contributed by atoms with E-state index in [0.29, 0.717) is 11.6 Å². The fourth-order valence-corrected chi connectivity index (χ4v) is 3.52. The van der Waals surface area contributed by atoms with Crippen LogP contribution in [-0.2, 0) is 16.4 Å². The van der Waals surface area contributed by atoms with Gasteiger partial charge in [0.2, 0.25) is 11.9 Å². The van der Waals surface area contributed by atoms with E-state index >= 15 is 4.39 Å². The van der Waals surface area contributed by atoms with Crippen LogP contribution in [0.2, 0.25) is 0 Å². The number of benzene rings is 2. The first-order valence-electron chi connectivity index (χ1n) is 11.3. The lowest BCUT2D eigenvalue weighted by Gasteiger charge is -2.26. The molecule has 0 saturated carbocycles. The highest BCUT2D eigenvalue weighted by molar-refractivity contribution is 6.06. The van der Waals surface area contributed by atoms with Crippen molar-refractivity contribution in [1.82, 2.24) is 10.3 Å². The number of anilines is 1. The molecule has 2 aromatic carbocycles. The minimum Gasteiger partial charge on any atom is -0.455 e. The van der Waals surface area contributed by atoms with E-state index in [9.17, 15) is 27.2 Å². The molecule has 0 aliphatic heterocycles. The molecule has 0 saturated heterocycles. The second kappa shape index (κ2) is 11.1. The number of hydrogen-bond donors (Lipinski definition) is 3. The Bertz CT molecular complexity index is 1360. The number of ether oxygens (including phenoxy) is 1. The first kappa shape index (κ1) is 28.5. The van der Waals surface area contributed by atoms with Crippen LogP contribution >= 0.6 is 0 Å². The summed E-state index contributed by atoms with van der Waals surface area (Å²) >= 11 is 0. The molecule has 1 heterocycles. The molecule has 0 aliphatic rings. The van der Waals surface area contributed by atoms with E-state index in [4.69, 9.17) is 10.5 Å². The predicted octanol–water partition coefficient (Wildman–Crippen LogP) is 5.08. The molecule has 7 nitrogen and oxygen atoms in total. The zero-order valence-corrected chi connectivity index (χ0v) is 20.7. The maximum Gasteiger partial charge on any atom is 0.419 e. The van der Waals surface area contributed by atoms with Gasteiger partial charge in [-0.15, -0.1) is 0 Å². The third kappa shape index (κ3) is 6.62. The smallest absolute Gasteiger partial charge is 0.419 e. The summed E-state index contributed by atoms with van der Waals surface area (Å²) < 4.78 is 74.3. The number of halogens is 5. The van der Waals surface area contributed by atoms with Gasteiger partial charge < -0.3 is 21.1 Å². The van der Waals surface area contributed by atoms with Crippen molar-refractivity contribution in [1.29, 1.82) is 0 Å². The number of nitrogens with zero attached hydrogens (tertiary/aromatic N) is 1. The molecule has 0 spiro atoms. The maximum atomic E-state index is 15.1. The Morgan fingerprint density at radius 3 is 2.34 bits per heavy atom. The predicted molar refractivity (Wildman–Crippen MR) is 130 cm³/mol. The van der Waals surface area contributed by atoms with Gasteiger partial charge in [0, 0.05) is 17.6 Å². The lowest BCUT2D eigenvalue weighted by Crippen LogP contribution is -2.39. The summed E-state index contributed by atoms with van der Waals surface area (Å²) in [5, 5.41) is 5.08. The molecule has 0 aliphatic carbocycles. The zero-order valence-electron chi connectivity index (χ0n) is 20.7. The molecule has 0 bridgehead atoms. The number of aryl methyl sites for hydroxylation is 1. The van der Waals surface area contributed by atoms with E-state index in [0.717, 1.165) is 18.2 Å². The molecule has 38 heavy (non-hydrogen) atoms. The first-order chi connectivity index (χ1) is 17.7. The Kier molecular flexibility index (Phi) is 8.35. The van der Waals surface area contributed by atoms with Gasteiger partial charge in [0.05, 0.1) is 17.8 Å². The second-order valence-electron chi connectivity index (χ2n) is 9.02. The Morgan fingerprint density at radius 1 is 1.03 bits per heavy atom. The van der Waals surface area contributed by atoms with E-state index in [1.54, 1.807) is 18.2 Å². The van der Waals surface area contributed by atoms with Gasteiger partial charge in [0.1, 0.15) is 17.1 Å². The van der Waals surface area contributed by atoms with E-state index in [1.807, 2.05) is 13.8 Å². The monoisotopic (exact) mass is 536 g/mol. The molecular formula is C26H25F5N4O3. The summed E-state index contributed by atoms with van der Waals surface area (Å²) in [6.07, 6.45) is -5.08. The Morgan fingerprint density at radius 2 is 1.71 bits per heavy atom. The fourth-order valence-electron chi connectivity index (χ4n) is 3.52. The third-order valence-electron chi connectivity index (χ3n) is 5.67. The van der Waals surface area contributed by atoms with E-state index < -0.39 is 46.1 Å². The topological polar surface area (TPSA) is 106 Å². The van der Waals surface area contributed by atoms with E-state index in [-0.39, 0.29) is 36.1 Å². The molecular weight excluding hydrogens is 511 g/mol. The van der Waals surface area contributed by atoms with Crippen LogP contribution in [0.4, 0.5) is 27.6 Å². The number of aromatic nitrogens is 1. The van der Waals surface area contributed by atoms with Crippen molar-refractivity contribution in [2.24, 2.45) is 5.73 Å². The number of alkyl halides is 3. The molecule has 0 radical (unpaired) electrons. The minimum atomic E-state index is -5.08. The number of nitrogens with two attached hydrogens (primary N) is 1. The highest BCUT2D eigenvalue weighted by atomic mass is 19.4. The van der Waals surface area contributed by atoms with Gasteiger partial charge in [0.15, 0.2) is 5.82 Å². The van der Waals surface area contributed by atoms with Crippen LogP contribution < -0.4 is 21.1 Å². The summed E-state index contributed by atoms with van der Waals surface area (Å²) in [5.74, 6) is -4.82. The molecule has 3 rings (SSSR count). The Labute approximate surface area is 215 Å². The lowest BCUT2D eigenvalue weighted by molar-refractivity contribution is -0.140. The zero-order chi connectivity index (χ0) is 28.3. The van der Waals surface area contributed by atoms with Gasteiger partial charge in [-0.05, 0) is 48.9 Å². The van der Waals surface area contributed by atoms with Crippen molar-refractivity contribution >= 4 is 17.5 Å². The van der Waals surface area contributed by atoms with Gasteiger partial charge in [-0.2, -0.15) is 17.6 Å². The number of hydrogen-bond acceptors (Lipinski definition) is 5.